The van der Waals surface area contributed by atoms with E-state index in [-0.39, 0.29) is 12.1 Å². The monoisotopic (exact) mass is 253 g/mol. The van der Waals surface area contributed by atoms with Crippen LogP contribution in [0.5, 0.6) is 0 Å². The van der Waals surface area contributed by atoms with Crippen LogP contribution in [0.1, 0.15) is 43.9 Å². The van der Waals surface area contributed by atoms with Crippen LogP contribution in [0.25, 0.3) is 0 Å². The minimum Gasteiger partial charge on any atom is -0.394 e. The van der Waals surface area contributed by atoms with E-state index in [2.05, 4.69) is 29.8 Å². The quantitative estimate of drug-likeness (QED) is 0.845. The van der Waals surface area contributed by atoms with Crippen LogP contribution in [-0.4, -0.2) is 17.3 Å². The van der Waals surface area contributed by atoms with Crippen LogP contribution >= 0.6 is 11.3 Å². The first-order chi connectivity index (χ1) is 8.28. The number of hydrogen-bond acceptors (Lipinski definition) is 3. The van der Waals surface area contributed by atoms with Gasteiger partial charge in [0.05, 0.1) is 6.61 Å². The first-order valence-electron chi connectivity index (χ1n) is 6.66. The summed E-state index contributed by atoms with van der Waals surface area (Å²) in [7, 11) is 0. The highest BCUT2D eigenvalue weighted by atomic mass is 32.1. The Morgan fingerprint density at radius 3 is 3.12 bits per heavy atom. The van der Waals surface area contributed by atoms with Gasteiger partial charge in [-0.15, -0.1) is 11.3 Å². The minimum atomic E-state index is -0.0249. The van der Waals surface area contributed by atoms with E-state index in [1.54, 1.807) is 11.3 Å². The molecule has 96 valence electrons. The van der Waals surface area contributed by atoms with Crippen LogP contribution in [0, 0.1) is 5.92 Å². The van der Waals surface area contributed by atoms with E-state index in [9.17, 15) is 5.11 Å². The molecule has 1 saturated carbocycles. The molecule has 17 heavy (non-hydrogen) atoms. The summed E-state index contributed by atoms with van der Waals surface area (Å²) < 4.78 is 0. The third-order valence-corrected chi connectivity index (χ3v) is 4.92. The average Bonchev–Trinajstić information content (AvgIpc) is 2.90. The van der Waals surface area contributed by atoms with E-state index in [1.165, 1.54) is 24.1 Å². The number of aliphatic hydroxyl groups is 1. The predicted octanol–water partition coefficient (Wildman–Crippen LogP) is 3.17. The summed E-state index contributed by atoms with van der Waals surface area (Å²) in [6.45, 7) is 3.43. The molecule has 1 aliphatic rings. The van der Waals surface area contributed by atoms with Crippen LogP contribution < -0.4 is 5.32 Å². The lowest BCUT2D eigenvalue weighted by molar-refractivity contribution is 0.0928. The third kappa shape index (κ3) is 3.30. The zero-order valence-electron chi connectivity index (χ0n) is 10.6. The van der Waals surface area contributed by atoms with Crippen LogP contribution in [0.4, 0.5) is 0 Å². The van der Waals surface area contributed by atoms with Gasteiger partial charge < -0.3 is 10.4 Å². The summed E-state index contributed by atoms with van der Waals surface area (Å²) in [5.41, 5.74) is -0.0249. The van der Waals surface area contributed by atoms with Gasteiger partial charge in [-0.05, 0) is 30.2 Å². The maximum atomic E-state index is 9.72. The van der Waals surface area contributed by atoms with Gasteiger partial charge in [0.1, 0.15) is 0 Å². The van der Waals surface area contributed by atoms with Gasteiger partial charge in [-0.25, -0.2) is 0 Å². The molecule has 0 saturated heterocycles. The molecule has 3 heteroatoms. The van der Waals surface area contributed by atoms with Crippen LogP contribution in [0.15, 0.2) is 17.5 Å². The van der Waals surface area contributed by atoms with Crippen LogP contribution in [0.2, 0.25) is 0 Å². The fraction of sp³-hybridized carbons (Fsp3) is 0.714. The molecule has 0 bridgehead atoms. The van der Waals surface area contributed by atoms with Crippen molar-refractivity contribution < 1.29 is 5.11 Å². The number of thiophene rings is 1. The Morgan fingerprint density at radius 1 is 1.59 bits per heavy atom. The van der Waals surface area contributed by atoms with Crippen molar-refractivity contribution in [3.05, 3.63) is 22.4 Å². The first kappa shape index (κ1) is 13.1. The molecule has 1 aliphatic carbocycles. The van der Waals surface area contributed by atoms with Crippen LogP contribution in [-0.2, 0) is 6.54 Å². The summed E-state index contributed by atoms with van der Waals surface area (Å²) in [5.74, 6) is 0.784. The van der Waals surface area contributed by atoms with Gasteiger partial charge in [0.15, 0.2) is 0 Å². The molecule has 0 aromatic carbocycles. The second-order valence-corrected chi connectivity index (χ2v) is 6.27. The smallest absolute Gasteiger partial charge is 0.0613 e. The van der Waals surface area contributed by atoms with Gasteiger partial charge >= 0.3 is 0 Å². The molecular weight excluding hydrogens is 230 g/mol. The fourth-order valence-electron chi connectivity index (χ4n) is 2.88. The van der Waals surface area contributed by atoms with Crippen molar-refractivity contribution in [2.45, 2.75) is 51.1 Å². The lowest BCUT2D eigenvalue weighted by Crippen LogP contribution is -2.51. The molecule has 1 heterocycles. The van der Waals surface area contributed by atoms with Crippen molar-refractivity contribution in [1.29, 1.82) is 0 Å². The predicted molar refractivity (Wildman–Crippen MR) is 73.2 cm³/mol. The van der Waals surface area contributed by atoms with Gasteiger partial charge in [-0.2, -0.15) is 0 Å². The summed E-state index contributed by atoms with van der Waals surface area (Å²) in [4.78, 5) is 1.36. The third-order valence-electron chi connectivity index (χ3n) is 4.04. The number of aliphatic hydroxyl groups excluding tert-OH is 1. The maximum Gasteiger partial charge on any atom is 0.0613 e. The highest BCUT2D eigenvalue weighted by molar-refractivity contribution is 7.09. The summed E-state index contributed by atoms with van der Waals surface area (Å²) in [6.07, 6.45) is 6.06. The molecule has 2 nitrogen and oxygen atoms in total. The largest absolute Gasteiger partial charge is 0.394 e. The first-order valence-corrected chi connectivity index (χ1v) is 7.54. The molecule has 2 rings (SSSR count). The van der Waals surface area contributed by atoms with Gasteiger partial charge in [0.2, 0.25) is 0 Å². The molecule has 0 radical (unpaired) electrons. The lowest BCUT2D eigenvalue weighted by Gasteiger charge is -2.40. The van der Waals surface area contributed by atoms with Crippen LogP contribution in [0.3, 0.4) is 0 Å². The van der Waals surface area contributed by atoms with Crippen molar-refractivity contribution in [1.82, 2.24) is 5.32 Å². The van der Waals surface area contributed by atoms with Crippen molar-refractivity contribution in [2.75, 3.05) is 6.61 Å². The van der Waals surface area contributed by atoms with E-state index in [4.69, 9.17) is 0 Å². The zero-order valence-corrected chi connectivity index (χ0v) is 11.4. The number of hydrogen-bond donors (Lipinski definition) is 2. The molecule has 1 aromatic heterocycles. The second kappa shape index (κ2) is 5.98. The highest BCUT2D eigenvalue weighted by Crippen LogP contribution is 2.34. The molecule has 2 atom stereocenters. The molecule has 0 amide bonds. The SMILES string of the molecule is CCC1CCCC(CO)(NCc2cccs2)C1. The lowest BCUT2D eigenvalue weighted by atomic mass is 9.75. The number of nitrogens with one attached hydrogen (secondary N) is 1. The maximum absolute atomic E-state index is 9.72. The summed E-state index contributed by atoms with van der Waals surface area (Å²) >= 11 is 1.78. The molecule has 0 aliphatic heterocycles. The van der Waals surface area contributed by atoms with Gasteiger partial charge in [0, 0.05) is 17.0 Å². The average molecular weight is 253 g/mol. The standard InChI is InChI=1S/C14H23NOS/c1-2-12-5-3-7-14(9-12,11-16)15-10-13-6-4-8-17-13/h4,6,8,12,15-16H,2-3,5,7,9-11H2,1H3. The van der Waals surface area contributed by atoms with Gasteiger partial charge in [-0.3, -0.25) is 0 Å². The zero-order chi connectivity index (χ0) is 12.1. The molecule has 1 aromatic rings. The Bertz CT molecular complexity index is 325. The Balaban J connectivity index is 1.94. The van der Waals surface area contributed by atoms with E-state index in [1.807, 2.05) is 0 Å². The topological polar surface area (TPSA) is 32.3 Å². The fourth-order valence-corrected chi connectivity index (χ4v) is 3.53. The van der Waals surface area contributed by atoms with Crippen molar-refractivity contribution >= 4 is 11.3 Å². The Labute approximate surface area is 108 Å². The molecular formula is C14H23NOS. The molecule has 2 N–H and O–H groups in total. The second-order valence-electron chi connectivity index (χ2n) is 5.24. The van der Waals surface area contributed by atoms with E-state index in [0.717, 1.165) is 25.3 Å². The highest BCUT2D eigenvalue weighted by Gasteiger charge is 2.34. The van der Waals surface area contributed by atoms with E-state index >= 15 is 0 Å². The number of rotatable bonds is 5. The van der Waals surface area contributed by atoms with Crippen molar-refractivity contribution in [3.8, 4) is 0 Å². The minimum absolute atomic E-state index is 0.0249. The van der Waals surface area contributed by atoms with Crippen molar-refractivity contribution in [3.63, 3.8) is 0 Å². The van der Waals surface area contributed by atoms with Gasteiger partial charge in [0.25, 0.3) is 0 Å². The Morgan fingerprint density at radius 2 is 2.47 bits per heavy atom. The van der Waals surface area contributed by atoms with Crippen molar-refractivity contribution in [2.24, 2.45) is 5.92 Å². The Hall–Kier alpha value is -0.380. The summed E-state index contributed by atoms with van der Waals surface area (Å²) in [5, 5.41) is 15.4. The molecule has 0 spiro atoms. The molecule has 2 unspecified atom stereocenters. The van der Waals surface area contributed by atoms with E-state index < -0.39 is 0 Å². The Kier molecular flexibility index (Phi) is 4.60. The van der Waals surface area contributed by atoms with Gasteiger partial charge in [-0.1, -0.05) is 32.3 Å². The normalized spacial score (nSPS) is 29.4. The van der Waals surface area contributed by atoms with E-state index in [0.29, 0.717) is 0 Å². The molecule has 1 fully saturated rings. The summed E-state index contributed by atoms with van der Waals surface area (Å²) in [6, 6.07) is 4.24.